The highest BCUT2D eigenvalue weighted by Gasteiger charge is 2.67. The van der Waals surface area contributed by atoms with Gasteiger partial charge in [-0.05, 0) is 66.5 Å². The molecule has 3 heterocycles. The fourth-order valence-corrected chi connectivity index (χ4v) is 9.41. The van der Waals surface area contributed by atoms with Gasteiger partial charge in [0, 0.05) is 19.5 Å². The Bertz CT molecular complexity index is 1480. The summed E-state index contributed by atoms with van der Waals surface area (Å²) < 4.78 is 30.1. The lowest BCUT2D eigenvalue weighted by atomic mass is 9.85. The zero-order valence-electron chi connectivity index (χ0n) is 29.7. The van der Waals surface area contributed by atoms with Gasteiger partial charge in [-0.15, -0.1) is 0 Å². The van der Waals surface area contributed by atoms with Gasteiger partial charge in [-0.1, -0.05) is 65.7 Å². The number of cyclic esters (lactones) is 1. The summed E-state index contributed by atoms with van der Waals surface area (Å²) in [6, 6.07) is 3.91. The SMILES string of the molecule is CCOP(=O)(O)[C@@]1(NC(=O)[C@@H]2C[C@@H]3CN2C(=O)[C@H](C(C)(C)C)NC(=O)OC[C@H](C)CCCCc2cccc4c2CN(C4)C(=O)O3)C[C@H]1CC. The molecule has 0 aromatic heterocycles. The average molecular weight is 705 g/mol. The van der Waals surface area contributed by atoms with E-state index < -0.39 is 60.5 Å². The summed E-state index contributed by atoms with van der Waals surface area (Å²) in [4.78, 5) is 68.9. The second kappa shape index (κ2) is 14.6. The van der Waals surface area contributed by atoms with E-state index in [-0.39, 0.29) is 44.4 Å². The van der Waals surface area contributed by atoms with E-state index in [9.17, 15) is 28.6 Å². The Kier molecular flexibility index (Phi) is 11.1. The van der Waals surface area contributed by atoms with E-state index in [4.69, 9.17) is 14.0 Å². The molecule has 49 heavy (non-hydrogen) atoms. The highest BCUT2D eigenvalue weighted by molar-refractivity contribution is 7.55. The molecule has 4 aliphatic rings. The molecule has 14 heteroatoms. The van der Waals surface area contributed by atoms with Crippen molar-refractivity contribution < 1.29 is 42.6 Å². The maximum absolute atomic E-state index is 14.4. The van der Waals surface area contributed by atoms with Gasteiger partial charge in [-0.2, -0.15) is 0 Å². The largest absolute Gasteiger partial charge is 0.449 e. The first-order chi connectivity index (χ1) is 23.1. The van der Waals surface area contributed by atoms with E-state index in [2.05, 4.69) is 16.7 Å². The van der Waals surface area contributed by atoms with Crippen LogP contribution < -0.4 is 10.6 Å². The smallest absolute Gasteiger partial charge is 0.410 e. The minimum atomic E-state index is -4.26. The van der Waals surface area contributed by atoms with Crippen molar-refractivity contribution in [3.63, 3.8) is 0 Å². The van der Waals surface area contributed by atoms with Crippen LogP contribution in [0, 0.1) is 17.3 Å². The number of hydrogen-bond acceptors (Lipinski definition) is 8. The topological polar surface area (TPSA) is 164 Å². The molecule has 4 bridgehead atoms. The standard InChI is InChI=1S/C35H53N4O9P/c1-7-25-17-35(25,49(44,45)47-8-2)37-30(40)28-16-26-19-39(28)31(41)29(34(4,5)6)36-32(42)46-21-22(3)12-9-10-13-23-14-11-15-24-18-38(20-27(23)24)33(43)48-26/h11,14-15,22,25-26,28-29H,7-10,12-13,16-21H2,1-6H3,(H,36,42)(H,37,40)(H,44,45)/t22-,25-,26-,28+,29-,35+/m1/s1. The van der Waals surface area contributed by atoms with E-state index in [0.717, 1.165) is 36.8 Å². The van der Waals surface area contributed by atoms with E-state index >= 15 is 0 Å². The summed E-state index contributed by atoms with van der Waals surface area (Å²) in [6.07, 6.45) is 2.30. The van der Waals surface area contributed by atoms with Crippen LogP contribution in [0.2, 0.25) is 0 Å². The van der Waals surface area contributed by atoms with Crippen LogP contribution in [0.3, 0.4) is 0 Å². The fraction of sp³-hybridized carbons (Fsp3) is 0.714. The maximum atomic E-state index is 14.4. The van der Waals surface area contributed by atoms with Gasteiger partial charge in [0.05, 0.1) is 19.8 Å². The van der Waals surface area contributed by atoms with Crippen LogP contribution >= 0.6 is 7.60 Å². The lowest BCUT2D eigenvalue weighted by Gasteiger charge is -2.35. The Hall–Kier alpha value is -3.15. The number of alkyl carbamates (subject to hydrolysis) is 1. The molecule has 3 N–H and O–H groups in total. The molecular weight excluding hydrogens is 651 g/mol. The van der Waals surface area contributed by atoms with Gasteiger partial charge >= 0.3 is 19.8 Å². The number of carbonyl (C=O) groups is 4. The first-order valence-electron chi connectivity index (χ1n) is 17.7. The predicted octanol–water partition coefficient (Wildman–Crippen LogP) is 5.08. The Morgan fingerprint density at radius 2 is 1.90 bits per heavy atom. The number of fused-ring (bicyclic) bond motifs is 3. The van der Waals surface area contributed by atoms with Crippen molar-refractivity contribution in [2.75, 3.05) is 19.8 Å². The lowest BCUT2D eigenvalue weighted by molar-refractivity contribution is -0.142. The van der Waals surface area contributed by atoms with Gasteiger partial charge in [-0.3, -0.25) is 19.1 Å². The van der Waals surface area contributed by atoms with Crippen LogP contribution in [-0.2, 0) is 47.7 Å². The molecule has 1 aromatic rings. The van der Waals surface area contributed by atoms with Crippen LogP contribution in [0.5, 0.6) is 0 Å². The van der Waals surface area contributed by atoms with Crippen molar-refractivity contribution in [1.82, 2.24) is 20.4 Å². The average Bonchev–Trinajstić information content (AvgIpc) is 3.35. The summed E-state index contributed by atoms with van der Waals surface area (Å²) in [5, 5.41) is 4.08. The van der Waals surface area contributed by atoms with E-state index in [1.54, 1.807) is 32.6 Å². The first-order valence-corrected chi connectivity index (χ1v) is 19.3. The molecule has 1 aliphatic carbocycles. The van der Waals surface area contributed by atoms with Gasteiger partial charge in [0.2, 0.25) is 11.8 Å². The minimum absolute atomic E-state index is 0.0103. The molecule has 0 spiro atoms. The zero-order chi connectivity index (χ0) is 35.7. The normalized spacial score (nSPS) is 30.9. The maximum Gasteiger partial charge on any atom is 0.410 e. The number of amides is 4. The number of hydrogen-bond donors (Lipinski definition) is 3. The molecule has 1 aromatic carbocycles. The number of carbonyl (C=O) groups excluding carboxylic acids is 4. The minimum Gasteiger partial charge on any atom is -0.449 e. The van der Waals surface area contributed by atoms with Gasteiger partial charge in [0.1, 0.15) is 23.5 Å². The second-order valence-electron chi connectivity index (χ2n) is 15.2. The monoisotopic (exact) mass is 704 g/mol. The number of ether oxygens (including phenoxy) is 2. The molecule has 1 saturated heterocycles. The molecule has 0 radical (unpaired) electrons. The zero-order valence-corrected chi connectivity index (χ0v) is 30.6. The fourth-order valence-electron chi connectivity index (χ4n) is 7.49. The van der Waals surface area contributed by atoms with Crippen LogP contribution in [-0.4, -0.2) is 81.9 Å². The summed E-state index contributed by atoms with van der Waals surface area (Å²) in [6.45, 7) is 11.8. The summed E-state index contributed by atoms with van der Waals surface area (Å²) in [5.74, 6) is -1.35. The van der Waals surface area contributed by atoms with E-state index in [1.807, 2.05) is 26.0 Å². The third kappa shape index (κ3) is 7.94. The summed E-state index contributed by atoms with van der Waals surface area (Å²) in [5.41, 5.74) is 2.61. The quantitative estimate of drug-likeness (QED) is 0.343. The van der Waals surface area contributed by atoms with Gasteiger partial charge in [0.15, 0.2) is 0 Å². The molecule has 7 atom stereocenters. The number of aryl methyl sites for hydroxylation is 1. The van der Waals surface area contributed by atoms with Crippen LogP contribution in [0.25, 0.3) is 0 Å². The van der Waals surface area contributed by atoms with Crippen LogP contribution in [0.4, 0.5) is 9.59 Å². The van der Waals surface area contributed by atoms with E-state index in [0.29, 0.717) is 19.5 Å². The summed E-state index contributed by atoms with van der Waals surface area (Å²) >= 11 is 0. The molecule has 1 saturated carbocycles. The Morgan fingerprint density at radius 1 is 1.16 bits per heavy atom. The number of benzene rings is 1. The molecule has 3 aliphatic heterocycles. The third-order valence-electron chi connectivity index (χ3n) is 10.4. The predicted molar refractivity (Wildman–Crippen MR) is 181 cm³/mol. The van der Waals surface area contributed by atoms with Crippen LogP contribution in [0.1, 0.15) is 96.8 Å². The van der Waals surface area contributed by atoms with Crippen molar-refractivity contribution in [2.45, 2.75) is 123 Å². The van der Waals surface area contributed by atoms with Crippen molar-refractivity contribution >= 4 is 31.6 Å². The van der Waals surface area contributed by atoms with Gasteiger partial charge < -0.3 is 34.4 Å². The number of nitrogens with zero attached hydrogens (tertiary/aromatic N) is 2. The third-order valence-corrected chi connectivity index (χ3v) is 12.7. The second-order valence-corrected chi connectivity index (χ2v) is 17.3. The van der Waals surface area contributed by atoms with E-state index in [1.165, 1.54) is 10.5 Å². The Morgan fingerprint density at radius 3 is 2.57 bits per heavy atom. The molecule has 1 unspecified atom stereocenters. The molecule has 4 amide bonds. The molecule has 272 valence electrons. The van der Waals surface area contributed by atoms with Gasteiger partial charge in [0.25, 0.3) is 0 Å². The molecule has 5 rings (SSSR count). The molecule has 2 fully saturated rings. The first kappa shape index (κ1) is 37.1. The Labute approximate surface area is 289 Å². The molecular formula is C35H53N4O9P. The number of nitrogens with one attached hydrogen (secondary N) is 2. The van der Waals surface area contributed by atoms with Gasteiger partial charge in [-0.25, -0.2) is 9.59 Å². The van der Waals surface area contributed by atoms with Crippen molar-refractivity contribution in [1.29, 1.82) is 0 Å². The lowest BCUT2D eigenvalue weighted by Crippen LogP contribution is -2.58. The Balaban J connectivity index is 1.44. The van der Waals surface area contributed by atoms with Crippen LogP contribution in [0.15, 0.2) is 18.2 Å². The molecule has 13 nitrogen and oxygen atoms in total. The highest BCUT2D eigenvalue weighted by Crippen LogP contribution is 2.70. The summed E-state index contributed by atoms with van der Waals surface area (Å²) in [7, 11) is -4.26. The highest BCUT2D eigenvalue weighted by atomic mass is 31.2. The van der Waals surface area contributed by atoms with Crippen molar-refractivity contribution in [3.8, 4) is 0 Å². The van der Waals surface area contributed by atoms with Crippen molar-refractivity contribution in [2.24, 2.45) is 17.3 Å². The number of rotatable bonds is 6. The van der Waals surface area contributed by atoms with Crippen molar-refractivity contribution in [3.05, 3.63) is 34.9 Å².